The minimum Gasteiger partial charge on any atom is -0.206 e. The molecule has 0 N–H and O–H groups in total. The van der Waals surface area contributed by atoms with Crippen LogP contribution in [0, 0.1) is 11.9 Å². The van der Waals surface area contributed by atoms with Crippen LogP contribution in [0.25, 0.3) is 11.1 Å². The fraction of sp³-hybridized carbons (Fsp3) is 0. The van der Waals surface area contributed by atoms with Gasteiger partial charge in [-0.1, -0.05) is 48.5 Å². The number of hydrogen-bond donors (Lipinski definition) is 0. The van der Waals surface area contributed by atoms with Crippen LogP contribution in [-0.2, 0) is 0 Å². The number of hydrogen-bond acceptors (Lipinski definition) is 0. The highest BCUT2D eigenvalue weighted by atomic mass is 19.1. The van der Waals surface area contributed by atoms with Gasteiger partial charge < -0.3 is 0 Å². The molecule has 2 aromatic carbocycles. The first-order chi connectivity index (χ1) is 6.38. The van der Waals surface area contributed by atoms with Gasteiger partial charge in [0.1, 0.15) is 5.82 Å². The van der Waals surface area contributed by atoms with Crippen molar-refractivity contribution in [2.24, 2.45) is 0 Å². The molecule has 0 atom stereocenters. The first kappa shape index (κ1) is 7.99. The van der Waals surface area contributed by atoms with E-state index in [4.69, 9.17) is 0 Å². The summed E-state index contributed by atoms with van der Waals surface area (Å²) in [5.41, 5.74) is 1.49. The van der Waals surface area contributed by atoms with Gasteiger partial charge in [0.25, 0.3) is 0 Å². The SMILES string of the molecule is Fc1[c]cccc1-c1ccccc1. The highest BCUT2D eigenvalue weighted by molar-refractivity contribution is 5.63. The Labute approximate surface area is 76.7 Å². The molecule has 0 fully saturated rings. The fourth-order valence-corrected chi connectivity index (χ4v) is 1.26. The molecule has 0 spiro atoms. The van der Waals surface area contributed by atoms with Crippen LogP contribution in [0.4, 0.5) is 4.39 Å². The summed E-state index contributed by atoms with van der Waals surface area (Å²) in [7, 11) is 0. The zero-order valence-corrected chi connectivity index (χ0v) is 7.00. The molecule has 0 heterocycles. The van der Waals surface area contributed by atoms with Gasteiger partial charge in [-0.15, -0.1) is 0 Å². The molecular formula is C12H8F. The highest BCUT2D eigenvalue weighted by Gasteiger charge is 2.01. The smallest absolute Gasteiger partial charge is 0.138 e. The normalized spacial score (nSPS) is 9.92. The zero-order chi connectivity index (χ0) is 9.10. The Morgan fingerprint density at radius 2 is 1.69 bits per heavy atom. The van der Waals surface area contributed by atoms with E-state index in [0.29, 0.717) is 5.56 Å². The summed E-state index contributed by atoms with van der Waals surface area (Å²) in [5, 5.41) is 0. The van der Waals surface area contributed by atoms with E-state index in [1.54, 1.807) is 18.2 Å². The van der Waals surface area contributed by atoms with Crippen molar-refractivity contribution in [1.29, 1.82) is 0 Å². The Morgan fingerprint density at radius 3 is 2.38 bits per heavy atom. The van der Waals surface area contributed by atoms with Crippen LogP contribution in [0.5, 0.6) is 0 Å². The van der Waals surface area contributed by atoms with Crippen molar-refractivity contribution in [3.63, 3.8) is 0 Å². The third-order valence-corrected chi connectivity index (χ3v) is 1.89. The van der Waals surface area contributed by atoms with E-state index in [1.165, 1.54) is 0 Å². The average Bonchev–Trinajstić information content (AvgIpc) is 2.20. The Hall–Kier alpha value is -1.63. The average molecular weight is 171 g/mol. The minimum absolute atomic E-state index is 0.297. The summed E-state index contributed by atoms with van der Waals surface area (Å²) in [4.78, 5) is 0. The van der Waals surface area contributed by atoms with Crippen LogP contribution in [0.2, 0.25) is 0 Å². The minimum atomic E-state index is -0.297. The molecule has 0 bridgehead atoms. The van der Waals surface area contributed by atoms with Gasteiger partial charge in [0.05, 0.1) is 0 Å². The van der Waals surface area contributed by atoms with Crippen LogP contribution >= 0.6 is 0 Å². The zero-order valence-electron chi connectivity index (χ0n) is 7.00. The third-order valence-electron chi connectivity index (χ3n) is 1.89. The molecule has 0 aromatic heterocycles. The van der Waals surface area contributed by atoms with E-state index >= 15 is 0 Å². The van der Waals surface area contributed by atoms with Gasteiger partial charge >= 0.3 is 0 Å². The molecule has 2 aromatic rings. The van der Waals surface area contributed by atoms with Gasteiger partial charge in [-0.05, 0) is 5.56 Å². The second kappa shape index (κ2) is 3.40. The van der Waals surface area contributed by atoms with Crippen molar-refractivity contribution in [3.8, 4) is 11.1 Å². The van der Waals surface area contributed by atoms with Crippen LogP contribution in [-0.4, -0.2) is 0 Å². The molecular weight excluding hydrogens is 163 g/mol. The monoisotopic (exact) mass is 171 g/mol. The first-order valence-corrected chi connectivity index (χ1v) is 4.09. The highest BCUT2D eigenvalue weighted by Crippen LogP contribution is 2.20. The summed E-state index contributed by atoms with van der Waals surface area (Å²) in [5.74, 6) is -0.297. The molecule has 0 unspecified atom stereocenters. The van der Waals surface area contributed by atoms with E-state index in [0.717, 1.165) is 5.56 Å². The molecule has 63 valence electrons. The van der Waals surface area contributed by atoms with Gasteiger partial charge in [-0.25, -0.2) is 4.39 Å². The van der Waals surface area contributed by atoms with Crippen molar-refractivity contribution >= 4 is 0 Å². The molecule has 0 amide bonds. The first-order valence-electron chi connectivity index (χ1n) is 4.09. The van der Waals surface area contributed by atoms with Crippen molar-refractivity contribution in [2.45, 2.75) is 0 Å². The molecule has 0 saturated carbocycles. The largest absolute Gasteiger partial charge is 0.206 e. The lowest BCUT2D eigenvalue weighted by molar-refractivity contribution is 0.629. The molecule has 2 rings (SSSR count). The lowest BCUT2D eigenvalue weighted by Crippen LogP contribution is -1.82. The predicted molar refractivity (Wildman–Crippen MR) is 50.7 cm³/mol. The lowest BCUT2D eigenvalue weighted by Gasteiger charge is -2.00. The van der Waals surface area contributed by atoms with Crippen molar-refractivity contribution < 1.29 is 4.39 Å². The predicted octanol–water partition coefficient (Wildman–Crippen LogP) is 3.29. The van der Waals surface area contributed by atoms with Crippen LogP contribution in [0.1, 0.15) is 0 Å². The molecule has 0 nitrogen and oxygen atoms in total. The molecule has 0 saturated heterocycles. The lowest BCUT2D eigenvalue weighted by atomic mass is 10.1. The molecule has 0 aliphatic rings. The maximum atomic E-state index is 13.2. The maximum Gasteiger partial charge on any atom is 0.138 e. The number of benzene rings is 2. The Kier molecular flexibility index (Phi) is 2.09. The fourth-order valence-electron chi connectivity index (χ4n) is 1.26. The molecule has 1 radical (unpaired) electrons. The molecule has 0 aliphatic heterocycles. The van der Waals surface area contributed by atoms with E-state index in [9.17, 15) is 4.39 Å². The van der Waals surface area contributed by atoms with Crippen LogP contribution in [0.3, 0.4) is 0 Å². The van der Waals surface area contributed by atoms with Crippen molar-refractivity contribution in [2.75, 3.05) is 0 Å². The second-order valence-electron chi connectivity index (χ2n) is 2.76. The summed E-state index contributed by atoms with van der Waals surface area (Å²) >= 11 is 0. The van der Waals surface area contributed by atoms with Crippen LogP contribution in [0.15, 0.2) is 48.5 Å². The quantitative estimate of drug-likeness (QED) is 0.617. The van der Waals surface area contributed by atoms with Gasteiger partial charge in [-0.2, -0.15) is 0 Å². The van der Waals surface area contributed by atoms with Crippen LogP contribution < -0.4 is 0 Å². The molecule has 0 aliphatic carbocycles. The standard InChI is InChI=1S/C12H8F/c13-12-9-5-4-8-11(12)10-6-2-1-3-7-10/h1-8H. The number of rotatable bonds is 1. The third kappa shape index (κ3) is 1.59. The van der Waals surface area contributed by atoms with E-state index in [-0.39, 0.29) is 5.82 Å². The molecule has 1 heteroatoms. The van der Waals surface area contributed by atoms with Gasteiger partial charge in [-0.3, -0.25) is 0 Å². The van der Waals surface area contributed by atoms with Gasteiger partial charge in [0.2, 0.25) is 0 Å². The summed E-state index contributed by atoms with van der Waals surface area (Å²) < 4.78 is 13.2. The summed E-state index contributed by atoms with van der Waals surface area (Å²) in [6, 6.07) is 17.1. The van der Waals surface area contributed by atoms with Gasteiger partial charge in [0.15, 0.2) is 0 Å². The molecule has 13 heavy (non-hydrogen) atoms. The van der Waals surface area contributed by atoms with Crippen molar-refractivity contribution in [1.82, 2.24) is 0 Å². The summed E-state index contributed by atoms with van der Waals surface area (Å²) in [6.07, 6.45) is 0. The second-order valence-corrected chi connectivity index (χ2v) is 2.76. The number of halogens is 1. The van der Waals surface area contributed by atoms with E-state index in [1.807, 2.05) is 30.3 Å². The maximum absolute atomic E-state index is 13.2. The summed E-state index contributed by atoms with van der Waals surface area (Å²) in [6.45, 7) is 0. The Balaban J connectivity index is 2.54. The Morgan fingerprint density at radius 1 is 0.923 bits per heavy atom. The van der Waals surface area contributed by atoms with E-state index in [2.05, 4.69) is 6.07 Å². The Bertz CT molecular complexity index is 393. The van der Waals surface area contributed by atoms with E-state index < -0.39 is 0 Å². The van der Waals surface area contributed by atoms with Crippen molar-refractivity contribution in [3.05, 3.63) is 60.4 Å². The van der Waals surface area contributed by atoms with Gasteiger partial charge in [0, 0.05) is 11.6 Å². The topological polar surface area (TPSA) is 0 Å².